The highest BCUT2D eigenvalue weighted by Crippen LogP contribution is 2.22. The number of benzene rings is 1. The van der Waals surface area contributed by atoms with Crippen molar-refractivity contribution in [2.75, 3.05) is 25.9 Å². The van der Waals surface area contributed by atoms with Crippen LogP contribution in [-0.4, -0.2) is 54.4 Å². The number of halogens is 1. The van der Waals surface area contributed by atoms with Gasteiger partial charge in [0.1, 0.15) is 4.90 Å². The summed E-state index contributed by atoms with van der Waals surface area (Å²) >= 11 is 7.28. The SMILES string of the molecule is CN(Cc1cccc(Cl)c1)C(=O)CSc1ccc(S(=O)(=O)N2CCCCCC2)cn1. The van der Waals surface area contributed by atoms with Gasteiger partial charge in [-0.2, -0.15) is 4.31 Å². The van der Waals surface area contributed by atoms with Crippen molar-refractivity contribution in [1.29, 1.82) is 0 Å². The van der Waals surface area contributed by atoms with Gasteiger partial charge in [0.15, 0.2) is 0 Å². The van der Waals surface area contributed by atoms with Crippen LogP contribution in [0.4, 0.5) is 0 Å². The van der Waals surface area contributed by atoms with Crippen LogP contribution in [0.5, 0.6) is 0 Å². The number of amides is 1. The average molecular weight is 468 g/mol. The molecule has 0 radical (unpaired) electrons. The van der Waals surface area contributed by atoms with Gasteiger partial charge in [-0.25, -0.2) is 13.4 Å². The Labute approximate surface area is 187 Å². The molecule has 0 saturated carbocycles. The maximum atomic E-state index is 12.8. The van der Waals surface area contributed by atoms with Crippen LogP contribution >= 0.6 is 23.4 Å². The van der Waals surface area contributed by atoms with Gasteiger partial charge in [0.05, 0.1) is 10.8 Å². The number of sulfonamides is 1. The lowest BCUT2D eigenvalue weighted by Gasteiger charge is -2.19. The molecule has 0 bridgehead atoms. The summed E-state index contributed by atoms with van der Waals surface area (Å²) in [6, 6.07) is 10.7. The molecule has 2 aromatic rings. The predicted molar refractivity (Wildman–Crippen MR) is 120 cm³/mol. The first-order chi connectivity index (χ1) is 14.4. The zero-order chi connectivity index (χ0) is 21.6. The number of hydrogen-bond acceptors (Lipinski definition) is 5. The Hall–Kier alpha value is -1.61. The van der Waals surface area contributed by atoms with Crippen molar-refractivity contribution in [3.8, 4) is 0 Å². The van der Waals surface area contributed by atoms with Gasteiger partial charge in [-0.1, -0.05) is 48.3 Å². The van der Waals surface area contributed by atoms with E-state index in [0.29, 0.717) is 29.7 Å². The molecule has 1 fully saturated rings. The van der Waals surface area contributed by atoms with Crippen LogP contribution in [0.15, 0.2) is 52.5 Å². The van der Waals surface area contributed by atoms with E-state index in [1.165, 1.54) is 18.0 Å². The lowest BCUT2D eigenvalue weighted by Crippen LogP contribution is -2.32. The predicted octanol–water partition coefficient (Wildman–Crippen LogP) is 4.05. The number of rotatable bonds is 7. The molecule has 0 spiro atoms. The summed E-state index contributed by atoms with van der Waals surface area (Å²) in [5, 5.41) is 1.26. The zero-order valence-corrected chi connectivity index (χ0v) is 19.3. The lowest BCUT2D eigenvalue weighted by molar-refractivity contribution is -0.127. The van der Waals surface area contributed by atoms with E-state index in [0.717, 1.165) is 31.2 Å². The van der Waals surface area contributed by atoms with Crippen molar-refractivity contribution in [2.24, 2.45) is 0 Å². The molecule has 1 aromatic heterocycles. The Bertz CT molecular complexity index is 960. The third kappa shape index (κ3) is 6.20. The number of nitrogens with zero attached hydrogens (tertiary/aromatic N) is 3. The van der Waals surface area contributed by atoms with Crippen LogP contribution in [0.2, 0.25) is 5.02 Å². The summed E-state index contributed by atoms with van der Waals surface area (Å²) in [5.41, 5.74) is 0.963. The van der Waals surface area contributed by atoms with Gasteiger partial charge in [-0.3, -0.25) is 4.79 Å². The minimum absolute atomic E-state index is 0.0389. The minimum Gasteiger partial charge on any atom is -0.341 e. The molecule has 2 heterocycles. The second-order valence-electron chi connectivity index (χ2n) is 7.32. The molecule has 0 unspecified atom stereocenters. The van der Waals surface area contributed by atoms with E-state index in [-0.39, 0.29) is 16.6 Å². The second kappa shape index (κ2) is 10.6. The highest BCUT2D eigenvalue weighted by atomic mass is 35.5. The van der Waals surface area contributed by atoms with Crippen molar-refractivity contribution in [1.82, 2.24) is 14.2 Å². The number of aromatic nitrogens is 1. The van der Waals surface area contributed by atoms with Crippen molar-refractivity contribution >= 4 is 39.3 Å². The van der Waals surface area contributed by atoms with Crippen LogP contribution in [-0.2, 0) is 21.4 Å². The topological polar surface area (TPSA) is 70.6 Å². The molecule has 1 aliphatic rings. The van der Waals surface area contributed by atoms with Gasteiger partial charge in [0.2, 0.25) is 15.9 Å². The maximum Gasteiger partial charge on any atom is 0.244 e. The van der Waals surface area contributed by atoms with E-state index in [2.05, 4.69) is 4.98 Å². The minimum atomic E-state index is -3.51. The highest BCUT2D eigenvalue weighted by Gasteiger charge is 2.25. The van der Waals surface area contributed by atoms with Crippen LogP contribution < -0.4 is 0 Å². The highest BCUT2D eigenvalue weighted by molar-refractivity contribution is 7.99. The Morgan fingerprint density at radius 1 is 1.17 bits per heavy atom. The van der Waals surface area contributed by atoms with Crippen molar-refractivity contribution in [3.63, 3.8) is 0 Å². The number of thioether (sulfide) groups is 1. The standard InChI is InChI=1S/C21H26ClN3O3S2/c1-24(15-17-7-6-8-18(22)13-17)21(26)16-29-20-10-9-19(14-23-20)30(27,28)25-11-4-2-3-5-12-25/h6-10,13-14H,2-5,11-12,15-16H2,1H3. The summed E-state index contributed by atoms with van der Waals surface area (Å²) in [7, 11) is -1.77. The van der Waals surface area contributed by atoms with E-state index in [9.17, 15) is 13.2 Å². The fourth-order valence-corrected chi connectivity index (χ4v) is 5.74. The quantitative estimate of drug-likeness (QED) is 0.574. The van der Waals surface area contributed by atoms with Crippen LogP contribution in [0, 0.1) is 0 Å². The molecule has 1 amide bonds. The van der Waals surface area contributed by atoms with E-state index < -0.39 is 10.0 Å². The summed E-state index contributed by atoms with van der Waals surface area (Å²) in [6.07, 6.45) is 5.32. The van der Waals surface area contributed by atoms with Gasteiger partial charge in [0, 0.05) is 37.9 Å². The van der Waals surface area contributed by atoms with Crippen molar-refractivity contribution in [2.45, 2.75) is 42.1 Å². The van der Waals surface area contributed by atoms with E-state index in [1.54, 1.807) is 34.5 Å². The zero-order valence-electron chi connectivity index (χ0n) is 17.0. The first-order valence-corrected chi connectivity index (χ1v) is 12.7. The average Bonchev–Trinajstić information content (AvgIpc) is 3.02. The monoisotopic (exact) mass is 467 g/mol. The Morgan fingerprint density at radius 3 is 2.53 bits per heavy atom. The van der Waals surface area contributed by atoms with Gasteiger partial charge < -0.3 is 4.90 Å². The van der Waals surface area contributed by atoms with Crippen LogP contribution in [0.25, 0.3) is 0 Å². The number of hydrogen-bond donors (Lipinski definition) is 0. The van der Waals surface area contributed by atoms with Gasteiger partial charge in [-0.05, 0) is 42.7 Å². The summed E-state index contributed by atoms with van der Waals surface area (Å²) in [6.45, 7) is 1.60. The van der Waals surface area contributed by atoms with Crippen LogP contribution in [0.3, 0.4) is 0 Å². The molecule has 162 valence electrons. The smallest absolute Gasteiger partial charge is 0.244 e. The summed E-state index contributed by atoms with van der Waals surface area (Å²) in [4.78, 5) is 18.5. The third-order valence-electron chi connectivity index (χ3n) is 4.99. The molecular weight excluding hydrogens is 442 g/mol. The fraction of sp³-hybridized carbons (Fsp3) is 0.429. The third-order valence-corrected chi connectivity index (χ3v) is 8.04. The first-order valence-electron chi connectivity index (χ1n) is 9.94. The fourth-order valence-electron chi connectivity index (χ4n) is 3.28. The molecule has 6 nitrogen and oxygen atoms in total. The van der Waals surface area contributed by atoms with Crippen LogP contribution in [0.1, 0.15) is 31.2 Å². The molecule has 3 rings (SSSR count). The number of carbonyl (C=O) groups excluding carboxylic acids is 1. The van der Waals surface area contributed by atoms with Gasteiger partial charge >= 0.3 is 0 Å². The van der Waals surface area contributed by atoms with Crippen molar-refractivity contribution in [3.05, 3.63) is 53.2 Å². The number of pyridine rings is 1. The maximum absolute atomic E-state index is 12.8. The molecule has 0 atom stereocenters. The van der Waals surface area contributed by atoms with Gasteiger partial charge in [0.25, 0.3) is 0 Å². The molecule has 0 aliphatic carbocycles. The van der Waals surface area contributed by atoms with Crippen molar-refractivity contribution < 1.29 is 13.2 Å². The van der Waals surface area contributed by atoms with Gasteiger partial charge in [-0.15, -0.1) is 0 Å². The normalized spacial score (nSPS) is 15.5. The summed E-state index contributed by atoms with van der Waals surface area (Å²) in [5.74, 6) is 0.186. The molecule has 0 N–H and O–H groups in total. The first kappa shape index (κ1) is 23.1. The van der Waals surface area contributed by atoms with E-state index in [1.807, 2.05) is 18.2 Å². The molecule has 9 heteroatoms. The summed E-state index contributed by atoms with van der Waals surface area (Å²) < 4.78 is 27.2. The molecular formula is C21H26ClN3O3S2. The lowest BCUT2D eigenvalue weighted by atomic mass is 10.2. The Balaban J connectivity index is 1.55. The Morgan fingerprint density at radius 2 is 1.90 bits per heavy atom. The number of carbonyl (C=O) groups is 1. The molecule has 1 aliphatic heterocycles. The second-order valence-corrected chi connectivity index (χ2v) is 10.7. The van der Waals surface area contributed by atoms with E-state index in [4.69, 9.17) is 11.6 Å². The largest absolute Gasteiger partial charge is 0.341 e. The molecule has 1 saturated heterocycles. The molecule has 30 heavy (non-hydrogen) atoms. The van der Waals surface area contributed by atoms with E-state index >= 15 is 0 Å². The Kier molecular flexibility index (Phi) is 8.16. The molecule has 1 aromatic carbocycles.